The molecular formula is C17H18FNO3. The highest BCUT2D eigenvalue weighted by molar-refractivity contribution is 5.94. The standard InChI is InChI=1S/C17H18FNO3/c1-22-16-8-7-13(10-15(16)18)17(21)19-11-14(20)9-12-5-3-2-4-6-12/h2-8,10,14,20H,9,11H2,1H3,(H,19,21)/t14-/m0/s1. The molecule has 4 nitrogen and oxygen atoms in total. The lowest BCUT2D eigenvalue weighted by atomic mass is 10.1. The van der Waals surface area contributed by atoms with Crippen molar-refractivity contribution in [2.45, 2.75) is 12.5 Å². The van der Waals surface area contributed by atoms with Crippen molar-refractivity contribution >= 4 is 5.91 Å². The molecule has 0 spiro atoms. The Morgan fingerprint density at radius 1 is 1.27 bits per heavy atom. The Labute approximate surface area is 128 Å². The Morgan fingerprint density at radius 3 is 2.64 bits per heavy atom. The molecule has 2 aromatic carbocycles. The largest absolute Gasteiger partial charge is 0.494 e. The van der Waals surface area contributed by atoms with Crippen molar-refractivity contribution in [3.05, 3.63) is 65.5 Å². The third kappa shape index (κ3) is 4.30. The van der Waals surface area contributed by atoms with Gasteiger partial charge in [0.05, 0.1) is 13.2 Å². The van der Waals surface area contributed by atoms with E-state index in [1.807, 2.05) is 30.3 Å². The first-order chi connectivity index (χ1) is 10.6. The van der Waals surface area contributed by atoms with E-state index >= 15 is 0 Å². The van der Waals surface area contributed by atoms with Crippen LogP contribution in [0.2, 0.25) is 0 Å². The average molecular weight is 303 g/mol. The Kier molecular flexibility index (Phi) is 5.49. The summed E-state index contributed by atoms with van der Waals surface area (Å²) in [6, 6.07) is 13.5. The number of carbonyl (C=O) groups is 1. The SMILES string of the molecule is COc1ccc(C(=O)NC[C@@H](O)Cc2ccccc2)cc1F. The second-order valence-corrected chi connectivity index (χ2v) is 4.90. The first-order valence-corrected chi connectivity index (χ1v) is 6.94. The summed E-state index contributed by atoms with van der Waals surface area (Å²) in [5, 5.41) is 12.5. The van der Waals surface area contributed by atoms with E-state index in [4.69, 9.17) is 4.74 Å². The number of ether oxygens (including phenoxy) is 1. The van der Waals surface area contributed by atoms with Crippen LogP contribution in [0.4, 0.5) is 4.39 Å². The van der Waals surface area contributed by atoms with Crippen LogP contribution in [0.15, 0.2) is 48.5 Å². The van der Waals surface area contributed by atoms with Gasteiger partial charge >= 0.3 is 0 Å². The summed E-state index contributed by atoms with van der Waals surface area (Å²) in [5.41, 5.74) is 1.17. The van der Waals surface area contributed by atoms with Gasteiger partial charge in [-0.1, -0.05) is 30.3 Å². The van der Waals surface area contributed by atoms with Crippen molar-refractivity contribution in [3.8, 4) is 5.75 Å². The zero-order valence-electron chi connectivity index (χ0n) is 12.3. The third-order valence-electron chi connectivity index (χ3n) is 3.23. The second-order valence-electron chi connectivity index (χ2n) is 4.90. The summed E-state index contributed by atoms with van der Waals surface area (Å²) in [6.07, 6.45) is -0.257. The Morgan fingerprint density at radius 2 is 2.00 bits per heavy atom. The fourth-order valence-electron chi connectivity index (χ4n) is 2.08. The number of amides is 1. The molecule has 0 saturated heterocycles. The minimum Gasteiger partial charge on any atom is -0.494 e. The average Bonchev–Trinajstić information content (AvgIpc) is 2.53. The Balaban J connectivity index is 1.88. The minimum absolute atomic E-state index is 0.0839. The number of rotatable bonds is 6. The lowest BCUT2D eigenvalue weighted by Gasteiger charge is -2.12. The van der Waals surface area contributed by atoms with Crippen LogP contribution in [0.1, 0.15) is 15.9 Å². The molecule has 0 unspecified atom stereocenters. The normalized spacial score (nSPS) is 11.8. The van der Waals surface area contributed by atoms with E-state index in [0.717, 1.165) is 11.6 Å². The van der Waals surface area contributed by atoms with E-state index in [2.05, 4.69) is 5.32 Å². The van der Waals surface area contributed by atoms with Crippen molar-refractivity contribution < 1.29 is 19.0 Å². The highest BCUT2D eigenvalue weighted by atomic mass is 19.1. The predicted molar refractivity (Wildman–Crippen MR) is 81.4 cm³/mol. The summed E-state index contributed by atoms with van der Waals surface area (Å²) in [5.74, 6) is -0.950. The molecule has 0 radical (unpaired) electrons. The first kappa shape index (κ1) is 16.0. The number of benzene rings is 2. The van der Waals surface area contributed by atoms with Crippen molar-refractivity contribution in [2.75, 3.05) is 13.7 Å². The van der Waals surface area contributed by atoms with Crippen LogP contribution < -0.4 is 10.1 Å². The van der Waals surface area contributed by atoms with Gasteiger partial charge in [-0.2, -0.15) is 0 Å². The molecule has 0 heterocycles. The van der Waals surface area contributed by atoms with Gasteiger partial charge in [-0.3, -0.25) is 4.79 Å². The number of hydrogen-bond donors (Lipinski definition) is 2. The Bertz CT molecular complexity index is 631. The van der Waals surface area contributed by atoms with Gasteiger partial charge < -0.3 is 15.2 Å². The van der Waals surface area contributed by atoms with Crippen LogP contribution in [0.5, 0.6) is 5.75 Å². The summed E-state index contributed by atoms with van der Waals surface area (Å²) in [4.78, 5) is 11.9. The maximum absolute atomic E-state index is 13.5. The van der Waals surface area contributed by atoms with Gasteiger partial charge in [0.2, 0.25) is 0 Å². The van der Waals surface area contributed by atoms with E-state index in [9.17, 15) is 14.3 Å². The molecule has 0 saturated carbocycles. The topological polar surface area (TPSA) is 58.6 Å². The molecule has 116 valence electrons. The molecular weight excluding hydrogens is 285 g/mol. The quantitative estimate of drug-likeness (QED) is 0.860. The fourth-order valence-corrected chi connectivity index (χ4v) is 2.08. The van der Waals surface area contributed by atoms with Crippen molar-refractivity contribution in [2.24, 2.45) is 0 Å². The van der Waals surface area contributed by atoms with E-state index in [1.165, 1.54) is 19.2 Å². The number of carbonyl (C=O) groups excluding carboxylic acids is 1. The zero-order valence-corrected chi connectivity index (χ0v) is 12.3. The molecule has 2 rings (SSSR count). The highest BCUT2D eigenvalue weighted by Crippen LogP contribution is 2.17. The molecule has 0 fully saturated rings. The molecule has 1 amide bonds. The van der Waals surface area contributed by atoms with Crippen LogP contribution in [0.25, 0.3) is 0 Å². The van der Waals surface area contributed by atoms with Crippen molar-refractivity contribution in [3.63, 3.8) is 0 Å². The number of hydrogen-bond acceptors (Lipinski definition) is 3. The smallest absolute Gasteiger partial charge is 0.251 e. The van der Waals surface area contributed by atoms with Gasteiger partial charge in [0.25, 0.3) is 5.91 Å². The second kappa shape index (κ2) is 7.56. The van der Waals surface area contributed by atoms with Gasteiger partial charge in [-0.05, 0) is 23.8 Å². The van der Waals surface area contributed by atoms with Gasteiger partial charge in [0.1, 0.15) is 0 Å². The molecule has 1 atom stereocenters. The molecule has 22 heavy (non-hydrogen) atoms. The number of methoxy groups -OCH3 is 1. The Hall–Kier alpha value is -2.40. The maximum Gasteiger partial charge on any atom is 0.251 e. The number of halogens is 1. The van der Waals surface area contributed by atoms with E-state index in [0.29, 0.717) is 6.42 Å². The van der Waals surface area contributed by atoms with Crippen molar-refractivity contribution in [1.82, 2.24) is 5.32 Å². The van der Waals surface area contributed by atoms with Crippen LogP contribution in [-0.2, 0) is 6.42 Å². The maximum atomic E-state index is 13.5. The minimum atomic E-state index is -0.700. The fraction of sp³-hybridized carbons (Fsp3) is 0.235. The molecule has 0 aromatic heterocycles. The molecule has 0 aliphatic carbocycles. The lowest BCUT2D eigenvalue weighted by molar-refractivity contribution is 0.0915. The van der Waals surface area contributed by atoms with Crippen molar-refractivity contribution in [1.29, 1.82) is 0 Å². The summed E-state index contributed by atoms with van der Waals surface area (Å²) >= 11 is 0. The van der Waals surface area contributed by atoms with Gasteiger partial charge in [0.15, 0.2) is 11.6 Å². The first-order valence-electron chi connectivity index (χ1n) is 6.94. The molecule has 2 aromatic rings. The van der Waals surface area contributed by atoms with Gasteiger partial charge in [-0.15, -0.1) is 0 Å². The van der Waals surface area contributed by atoms with E-state index in [1.54, 1.807) is 0 Å². The number of nitrogens with one attached hydrogen (secondary N) is 1. The van der Waals surface area contributed by atoms with Crippen LogP contribution in [0.3, 0.4) is 0 Å². The monoisotopic (exact) mass is 303 g/mol. The number of aliphatic hydroxyl groups excluding tert-OH is 1. The molecule has 5 heteroatoms. The third-order valence-corrected chi connectivity index (χ3v) is 3.23. The van der Waals surface area contributed by atoms with Crippen LogP contribution in [0, 0.1) is 5.82 Å². The molecule has 0 aliphatic rings. The molecule has 0 aliphatic heterocycles. The zero-order chi connectivity index (χ0) is 15.9. The molecule has 0 bridgehead atoms. The van der Waals surface area contributed by atoms with Crippen LogP contribution in [-0.4, -0.2) is 30.8 Å². The summed E-state index contributed by atoms with van der Waals surface area (Å²) < 4.78 is 18.3. The van der Waals surface area contributed by atoms with Gasteiger partial charge in [-0.25, -0.2) is 4.39 Å². The lowest BCUT2D eigenvalue weighted by Crippen LogP contribution is -2.33. The summed E-state index contributed by atoms with van der Waals surface area (Å²) in [6.45, 7) is 0.0986. The van der Waals surface area contributed by atoms with Gasteiger partial charge in [0, 0.05) is 18.5 Å². The van der Waals surface area contributed by atoms with Crippen LogP contribution >= 0.6 is 0 Å². The van der Waals surface area contributed by atoms with E-state index < -0.39 is 17.8 Å². The highest BCUT2D eigenvalue weighted by Gasteiger charge is 2.12. The molecule has 2 N–H and O–H groups in total. The summed E-state index contributed by atoms with van der Waals surface area (Å²) in [7, 11) is 1.36. The predicted octanol–water partition coefficient (Wildman–Crippen LogP) is 2.17. The number of aliphatic hydroxyl groups is 1. The van der Waals surface area contributed by atoms with E-state index in [-0.39, 0.29) is 17.9 Å².